The lowest BCUT2D eigenvalue weighted by Crippen LogP contribution is -2.49. The van der Waals surface area contributed by atoms with Crippen LogP contribution in [-0.2, 0) is 9.59 Å². The number of carbonyl (C=O) groups is 2. The van der Waals surface area contributed by atoms with Crippen molar-refractivity contribution in [2.75, 3.05) is 24.7 Å². The Morgan fingerprint density at radius 3 is 2.67 bits per heavy atom. The zero-order valence-corrected chi connectivity index (χ0v) is 14.2. The molecular weight excluding hydrogens is 310 g/mol. The van der Waals surface area contributed by atoms with E-state index in [4.69, 9.17) is 5.73 Å². The largest absolute Gasteiger partial charge is 0.354 e. The van der Waals surface area contributed by atoms with Crippen molar-refractivity contribution in [3.05, 3.63) is 0 Å². The smallest absolute Gasteiger partial charge is 0.243 e. The number of amides is 2. The fourth-order valence-corrected chi connectivity index (χ4v) is 3.92. The van der Waals surface area contributed by atoms with Crippen LogP contribution in [0.4, 0.5) is 0 Å². The highest BCUT2D eigenvalue weighted by Crippen LogP contribution is 2.30. The van der Waals surface area contributed by atoms with Crippen LogP contribution in [0.25, 0.3) is 0 Å². The second-order valence-electron chi connectivity index (χ2n) is 5.89. The number of thioether (sulfide) groups is 1. The first-order valence-electron chi connectivity index (χ1n) is 7.49. The molecule has 1 aliphatic carbocycles. The monoisotopic (exact) mass is 335 g/mol. The molecule has 0 aromatic carbocycles. The molecule has 0 bridgehead atoms. The second kappa shape index (κ2) is 8.86. The Balaban J connectivity index is 0.00000220. The minimum Gasteiger partial charge on any atom is -0.354 e. The highest BCUT2D eigenvalue weighted by atomic mass is 35.5. The summed E-state index contributed by atoms with van der Waals surface area (Å²) in [4.78, 5) is 26.5. The van der Waals surface area contributed by atoms with E-state index in [1.807, 2.05) is 6.92 Å². The van der Waals surface area contributed by atoms with Crippen molar-refractivity contribution in [2.45, 2.75) is 38.6 Å². The molecule has 7 heteroatoms. The number of nitrogens with two attached hydrogens (primary N) is 1. The molecule has 3 N–H and O–H groups in total. The third-order valence-corrected chi connectivity index (χ3v) is 5.21. The molecule has 21 heavy (non-hydrogen) atoms. The Kier molecular flexibility index (Phi) is 7.84. The van der Waals surface area contributed by atoms with Gasteiger partial charge in [-0.25, -0.2) is 0 Å². The lowest BCUT2D eigenvalue weighted by molar-refractivity contribution is -0.141. The van der Waals surface area contributed by atoms with Gasteiger partial charge in [0.15, 0.2) is 0 Å². The molecule has 1 aliphatic heterocycles. The summed E-state index contributed by atoms with van der Waals surface area (Å²) in [5, 5.41) is 2.92. The van der Waals surface area contributed by atoms with Gasteiger partial charge < -0.3 is 16.0 Å². The molecule has 1 saturated carbocycles. The van der Waals surface area contributed by atoms with Crippen molar-refractivity contribution in [3.63, 3.8) is 0 Å². The van der Waals surface area contributed by atoms with Gasteiger partial charge in [0.05, 0.1) is 5.88 Å². The fraction of sp³-hybridized carbons (Fsp3) is 0.857. The molecule has 0 radical (unpaired) electrons. The van der Waals surface area contributed by atoms with Crippen LogP contribution in [0.2, 0.25) is 0 Å². The molecule has 0 aromatic rings. The zero-order chi connectivity index (χ0) is 14.5. The summed E-state index contributed by atoms with van der Waals surface area (Å²) in [5.74, 6) is 1.93. The third kappa shape index (κ3) is 4.76. The highest BCUT2D eigenvalue weighted by Gasteiger charge is 2.38. The van der Waals surface area contributed by atoms with E-state index in [9.17, 15) is 9.59 Å². The molecular formula is C14H26ClN3O2S. The van der Waals surface area contributed by atoms with Gasteiger partial charge in [-0.1, -0.05) is 19.8 Å². The van der Waals surface area contributed by atoms with E-state index in [1.165, 1.54) is 0 Å². The van der Waals surface area contributed by atoms with E-state index in [0.29, 0.717) is 24.7 Å². The first kappa shape index (κ1) is 18.6. The van der Waals surface area contributed by atoms with E-state index in [2.05, 4.69) is 5.32 Å². The molecule has 5 nitrogen and oxygen atoms in total. The summed E-state index contributed by atoms with van der Waals surface area (Å²) in [6.07, 6.45) is 4.25. The van der Waals surface area contributed by atoms with Crippen LogP contribution in [0.3, 0.4) is 0 Å². The van der Waals surface area contributed by atoms with Crippen LogP contribution in [0.1, 0.15) is 32.6 Å². The summed E-state index contributed by atoms with van der Waals surface area (Å²) in [7, 11) is 0. The minimum absolute atomic E-state index is 0. The van der Waals surface area contributed by atoms with Gasteiger partial charge in [-0.05, 0) is 25.3 Å². The van der Waals surface area contributed by atoms with Gasteiger partial charge in [0.2, 0.25) is 11.8 Å². The Morgan fingerprint density at radius 2 is 2.05 bits per heavy atom. The first-order chi connectivity index (χ1) is 9.63. The molecule has 2 unspecified atom stereocenters. The van der Waals surface area contributed by atoms with E-state index in [1.54, 1.807) is 16.7 Å². The average Bonchev–Trinajstić information content (AvgIpc) is 3.13. The molecule has 0 aromatic heterocycles. The maximum atomic E-state index is 12.5. The number of hydrogen-bond donors (Lipinski definition) is 2. The predicted octanol–water partition coefficient (Wildman–Crippen LogP) is 1.21. The lowest BCUT2D eigenvalue weighted by atomic mass is 10.1. The number of halogens is 1. The summed E-state index contributed by atoms with van der Waals surface area (Å²) < 4.78 is 0. The van der Waals surface area contributed by atoms with Crippen LogP contribution in [-0.4, -0.2) is 47.5 Å². The number of hydrogen-bond acceptors (Lipinski definition) is 4. The van der Waals surface area contributed by atoms with E-state index < -0.39 is 0 Å². The summed E-state index contributed by atoms with van der Waals surface area (Å²) in [6, 6.07) is -0.293. The van der Waals surface area contributed by atoms with Crippen molar-refractivity contribution in [2.24, 2.45) is 17.6 Å². The molecule has 2 aliphatic rings. The molecule has 0 spiro atoms. The molecule has 122 valence electrons. The summed E-state index contributed by atoms with van der Waals surface area (Å²) >= 11 is 1.67. The van der Waals surface area contributed by atoms with Gasteiger partial charge in [0, 0.05) is 18.2 Å². The molecule has 1 saturated heterocycles. The number of nitrogens with zero attached hydrogens (tertiary/aromatic N) is 1. The zero-order valence-electron chi connectivity index (χ0n) is 12.5. The Morgan fingerprint density at radius 1 is 1.38 bits per heavy atom. The van der Waals surface area contributed by atoms with Crippen LogP contribution in [0, 0.1) is 11.8 Å². The van der Waals surface area contributed by atoms with Gasteiger partial charge in [-0.15, -0.1) is 24.2 Å². The van der Waals surface area contributed by atoms with Crippen molar-refractivity contribution >= 4 is 36.0 Å². The lowest BCUT2D eigenvalue weighted by Gasteiger charge is -2.26. The van der Waals surface area contributed by atoms with Crippen molar-refractivity contribution < 1.29 is 9.59 Å². The molecule has 2 rings (SSSR count). The van der Waals surface area contributed by atoms with Crippen molar-refractivity contribution in [1.29, 1.82) is 0 Å². The van der Waals surface area contributed by atoms with Gasteiger partial charge in [0.1, 0.15) is 6.04 Å². The predicted molar refractivity (Wildman–Crippen MR) is 88.4 cm³/mol. The SMILES string of the molecule is CC(CN)CNC(=O)C1CSCN1C(=O)C1CCCC1.Cl. The van der Waals surface area contributed by atoms with Crippen LogP contribution >= 0.6 is 24.2 Å². The molecule has 2 atom stereocenters. The summed E-state index contributed by atoms with van der Waals surface area (Å²) in [6.45, 7) is 3.15. The van der Waals surface area contributed by atoms with Gasteiger partial charge >= 0.3 is 0 Å². The normalized spacial score (nSPS) is 23.7. The van der Waals surface area contributed by atoms with E-state index in [-0.39, 0.29) is 42.1 Å². The van der Waals surface area contributed by atoms with Gasteiger partial charge in [-0.3, -0.25) is 9.59 Å². The average molecular weight is 336 g/mol. The molecule has 2 fully saturated rings. The maximum Gasteiger partial charge on any atom is 0.243 e. The highest BCUT2D eigenvalue weighted by molar-refractivity contribution is 7.99. The molecule has 1 heterocycles. The third-order valence-electron chi connectivity index (χ3n) is 4.20. The number of nitrogens with one attached hydrogen (secondary N) is 1. The van der Waals surface area contributed by atoms with E-state index in [0.717, 1.165) is 25.7 Å². The second-order valence-corrected chi connectivity index (χ2v) is 6.89. The number of rotatable bonds is 5. The topological polar surface area (TPSA) is 75.4 Å². The van der Waals surface area contributed by atoms with Gasteiger partial charge in [0.25, 0.3) is 0 Å². The Labute approximate surface area is 137 Å². The fourth-order valence-electron chi connectivity index (χ4n) is 2.76. The standard InChI is InChI=1S/C14H25N3O2S.ClH/c1-10(6-15)7-16-13(18)12-8-20-9-17(12)14(19)11-4-2-3-5-11;/h10-12H,2-9,15H2,1H3,(H,16,18);1H. The Hall–Kier alpha value is -0.460. The van der Waals surface area contributed by atoms with E-state index >= 15 is 0 Å². The first-order valence-corrected chi connectivity index (χ1v) is 8.65. The maximum absolute atomic E-state index is 12.5. The van der Waals surface area contributed by atoms with Gasteiger partial charge in [-0.2, -0.15) is 0 Å². The quantitative estimate of drug-likeness (QED) is 0.792. The summed E-state index contributed by atoms with van der Waals surface area (Å²) in [5.41, 5.74) is 5.55. The molecule has 2 amide bonds. The van der Waals surface area contributed by atoms with Crippen LogP contribution < -0.4 is 11.1 Å². The van der Waals surface area contributed by atoms with Crippen molar-refractivity contribution in [1.82, 2.24) is 10.2 Å². The van der Waals surface area contributed by atoms with Crippen LogP contribution in [0.15, 0.2) is 0 Å². The van der Waals surface area contributed by atoms with Crippen LogP contribution in [0.5, 0.6) is 0 Å². The minimum atomic E-state index is -0.293. The Bertz CT molecular complexity index is 364. The number of carbonyl (C=O) groups excluding carboxylic acids is 2. The van der Waals surface area contributed by atoms with Crippen molar-refractivity contribution in [3.8, 4) is 0 Å².